The van der Waals surface area contributed by atoms with E-state index in [9.17, 15) is 9.18 Å². The van der Waals surface area contributed by atoms with E-state index in [1.54, 1.807) is 48.8 Å². The largest absolute Gasteiger partial charge is 0.461 e. The first-order chi connectivity index (χ1) is 15.5. The molecule has 1 atom stereocenters. The highest BCUT2D eigenvalue weighted by molar-refractivity contribution is 5.76. The Morgan fingerprint density at radius 3 is 2.72 bits per heavy atom. The van der Waals surface area contributed by atoms with E-state index >= 15 is 0 Å². The molecule has 0 bridgehead atoms. The Balaban J connectivity index is 1.38. The molecule has 164 valence electrons. The van der Waals surface area contributed by atoms with E-state index in [0.29, 0.717) is 35.2 Å². The van der Waals surface area contributed by atoms with Crippen LogP contribution in [0.25, 0.3) is 22.7 Å². The minimum absolute atomic E-state index is 0.0393. The zero-order valence-electron chi connectivity index (χ0n) is 17.8. The summed E-state index contributed by atoms with van der Waals surface area (Å²) in [6.07, 6.45) is 3.91. The molecule has 0 aliphatic carbocycles. The Hall–Kier alpha value is -3.81. The molecular formula is C24H23FN4O3. The maximum Gasteiger partial charge on any atom is 0.249 e. The number of halogens is 1. The summed E-state index contributed by atoms with van der Waals surface area (Å²) in [7, 11) is 0. The summed E-state index contributed by atoms with van der Waals surface area (Å²) in [6.45, 7) is 3.93. The van der Waals surface area contributed by atoms with Crippen molar-refractivity contribution in [2.75, 3.05) is 0 Å². The van der Waals surface area contributed by atoms with Gasteiger partial charge < -0.3 is 14.3 Å². The summed E-state index contributed by atoms with van der Waals surface area (Å²) in [5.41, 5.74) is 1.13. The number of benzene rings is 1. The minimum Gasteiger partial charge on any atom is -0.461 e. The molecule has 4 rings (SSSR count). The van der Waals surface area contributed by atoms with E-state index in [4.69, 9.17) is 8.94 Å². The summed E-state index contributed by atoms with van der Waals surface area (Å²) in [6, 6.07) is 13.1. The zero-order chi connectivity index (χ0) is 22.5. The summed E-state index contributed by atoms with van der Waals surface area (Å²) < 4.78 is 25.1. The number of nitrogens with one attached hydrogen (secondary N) is 1. The summed E-state index contributed by atoms with van der Waals surface area (Å²) in [5, 5.41) is 6.97. The SMILES string of the molecule is CC(C)C(NC(=O)CCc1ccc(-c2ccccc2F)o1)c1nc(-c2cccnc2)no1. The van der Waals surface area contributed by atoms with Crippen LogP contribution < -0.4 is 5.32 Å². The molecule has 3 heterocycles. The third-order valence-corrected chi connectivity index (χ3v) is 5.01. The van der Waals surface area contributed by atoms with Crippen LogP contribution in [-0.4, -0.2) is 21.0 Å². The van der Waals surface area contributed by atoms with Gasteiger partial charge in [0, 0.05) is 30.8 Å². The molecule has 7 nitrogen and oxygen atoms in total. The van der Waals surface area contributed by atoms with Crippen molar-refractivity contribution in [1.82, 2.24) is 20.4 Å². The Morgan fingerprint density at radius 1 is 1.12 bits per heavy atom. The van der Waals surface area contributed by atoms with E-state index in [1.807, 2.05) is 19.9 Å². The molecule has 1 aromatic carbocycles. The number of pyridine rings is 1. The number of furan rings is 1. The second-order valence-corrected chi connectivity index (χ2v) is 7.73. The highest BCUT2D eigenvalue weighted by Gasteiger charge is 2.25. The van der Waals surface area contributed by atoms with Crippen LogP contribution in [0.2, 0.25) is 0 Å². The number of carbonyl (C=O) groups is 1. The van der Waals surface area contributed by atoms with Gasteiger partial charge in [0.2, 0.25) is 17.6 Å². The molecule has 0 aliphatic rings. The molecule has 0 aliphatic heterocycles. The molecule has 0 radical (unpaired) electrons. The average Bonchev–Trinajstić information content (AvgIpc) is 3.47. The van der Waals surface area contributed by atoms with Crippen LogP contribution in [-0.2, 0) is 11.2 Å². The van der Waals surface area contributed by atoms with Crippen molar-refractivity contribution in [3.63, 3.8) is 0 Å². The van der Waals surface area contributed by atoms with Gasteiger partial charge in [0.25, 0.3) is 0 Å². The van der Waals surface area contributed by atoms with Crippen LogP contribution in [0.15, 0.2) is 69.9 Å². The highest BCUT2D eigenvalue weighted by Crippen LogP contribution is 2.26. The molecule has 3 aromatic heterocycles. The molecule has 0 saturated carbocycles. The van der Waals surface area contributed by atoms with Crippen molar-refractivity contribution in [3.8, 4) is 22.7 Å². The smallest absolute Gasteiger partial charge is 0.249 e. The second kappa shape index (κ2) is 9.55. The number of rotatable bonds is 8. The first-order valence-corrected chi connectivity index (χ1v) is 10.4. The van der Waals surface area contributed by atoms with Gasteiger partial charge in [-0.3, -0.25) is 9.78 Å². The van der Waals surface area contributed by atoms with E-state index < -0.39 is 6.04 Å². The van der Waals surface area contributed by atoms with Crippen LogP contribution in [0.4, 0.5) is 4.39 Å². The maximum atomic E-state index is 13.9. The van der Waals surface area contributed by atoms with Crippen molar-refractivity contribution in [2.45, 2.75) is 32.7 Å². The molecule has 32 heavy (non-hydrogen) atoms. The van der Waals surface area contributed by atoms with Crippen LogP contribution in [0.1, 0.15) is 38.0 Å². The zero-order valence-corrected chi connectivity index (χ0v) is 17.8. The lowest BCUT2D eigenvalue weighted by atomic mass is 10.0. The second-order valence-electron chi connectivity index (χ2n) is 7.73. The van der Waals surface area contributed by atoms with E-state index in [-0.39, 0.29) is 24.1 Å². The molecular weight excluding hydrogens is 411 g/mol. The van der Waals surface area contributed by atoms with Crippen molar-refractivity contribution in [3.05, 3.63) is 78.4 Å². The molecule has 1 amide bonds. The van der Waals surface area contributed by atoms with Crippen LogP contribution in [0.5, 0.6) is 0 Å². The average molecular weight is 434 g/mol. The predicted molar refractivity (Wildman–Crippen MR) is 116 cm³/mol. The Morgan fingerprint density at radius 2 is 1.97 bits per heavy atom. The summed E-state index contributed by atoms with van der Waals surface area (Å²) >= 11 is 0. The Kier molecular flexibility index (Phi) is 6.39. The number of hydrogen-bond acceptors (Lipinski definition) is 6. The van der Waals surface area contributed by atoms with Crippen LogP contribution in [0, 0.1) is 11.7 Å². The first-order valence-electron chi connectivity index (χ1n) is 10.4. The van der Waals surface area contributed by atoms with Crippen molar-refractivity contribution in [1.29, 1.82) is 0 Å². The van der Waals surface area contributed by atoms with Crippen molar-refractivity contribution < 1.29 is 18.1 Å². The van der Waals surface area contributed by atoms with Gasteiger partial charge in [-0.1, -0.05) is 31.1 Å². The molecule has 1 unspecified atom stereocenters. The van der Waals surface area contributed by atoms with Crippen LogP contribution in [0.3, 0.4) is 0 Å². The Labute approximate surface area is 184 Å². The lowest BCUT2D eigenvalue weighted by molar-refractivity contribution is -0.122. The fourth-order valence-electron chi connectivity index (χ4n) is 3.29. The van der Waals surface area contributed by atoms with Gasteiger partial charge in [0.15, 0.2) is 0 Å². The van der Waals surface area contributed by atoms with Crippen molar-refractivity contribution >= 4 is 5.91 Å². The van der Waals surface area contributed by atoms with Gasteiger partial charge in [-0.15, -0.1) is 0 Å². The number of aryl methyl sites for hydroxylation is 1. The van der Waals surface area contributed by atoms with Crippen molar-refractivity contribution in [2.24, 2.45) is 5.92 Å². The summed E-state index contributed by atoms with van der Waals surface area (Å²) in [5.74, 6) is 1.32. The molecule has 0 spiro atoms. The quantitative estimate of drug-likeness (QED) is 0.420. The third-order valence-electron chi connectivity index (χ3n) is 5.01. The number of amides is 1. The highest BCUT2D eigenvalue weighted by atomic mass is 19.1. The number of hydrogen-bond donors (Lipinski definition) is 1. The fourth-order valence-corrected chi connectivity index (χ4v) is 3.29. The lowest BCUT2D eigenvalue weighted by Gasteiger charge is -2.18. The third kappa shape index (κ3) is 4.91. The van der Waals surface area contributed by atoms with Gasteiger partial charge >= 0.3 is 0 Å². The number of aromatic nitrogens is 3. The number of nitrogens with zero attached hydrogens (tertiary/aromatic N) is 3. The van der Waals surface area contributed by atoms with Gasteiger partial charge in [-0.2, -0.15) is 4.98 Å². The minimum atomic E-state index is -0.425. The van der Waals surface area contributed by atoms with E-state index in [0.717, 1.165) is 5.56 Å². The molecule has 1 N–H and O–H groups in total. The molecule has 0 fully saturated rings. The molecule has 8 heteroatoms. The van der Waals surface area contributed by atoms with Crippen LogP contribution >= 0.6 is 0 Å². The van der Waals surface area contributed by atoms with Gasteiger partial charge in [0.1, 0.15) is 23.4 Å². The monoisotopic (exact) mass is 434 g/mol. The Bertz CT molecular complexity index is 1190. The standard InChI is InChI=1S/C24H23FN4O3/c1-15(2)22(24-28-23(29-32-24)16-6-5-13-26-14-16)27-21(30)12-10-17-9-11-20(31-17)18-7-3-4-8-19(18)25/h3-9,11,13-15,22H,10,12H2,1-2H3,(H,27,30). The summed E-state index contributed by atoms with van der Waals surface area (Å²) in [4.78, 5) is 21.1. The molecule has 4 aromatic rings. The van der Waals surface area contributed by atoms with Gasteiger partial charge in [-0.25, -0.2) is 4.39 Å². The predicted octanol–water partition coefficient (Wildman–Crippen LogP) is 4.98. The van der Waals surface area contributed by atoms with Gasteiger partial charge in [0.05, 0.1) is 5.56 Å². The fraction of sp³-hybridized carbons (Fsp3) is 0.250. The van der Waals surface area contributed by atoms with Gasteiger partial charge in [-0.05, 0) is 42.3 Å². The van der Waals surface area contributed by atoms with E-state index in [1.165, 1.54) is 6.07 Å². The molecule has 0 saturated heterocycles. The lowest BCUT2D eigenvalue weighted by Crippen LogP contribution is -2.32. The normalized spacial score (nSPS) is 12.1. The first kappa shape index (κ1) is 21.4. The number of carbonyl (C=O) groups excluding carboxylic acids is 1. The maximum absolute atomic E-state index is 13.9. The topological polar surface area (TPSA) is 94.1 Å². The van der Waals surface area contributed by atoms with E-state index in [2.05, 4.69) is 20.4 Å².